The predicted octanol–water partition coefficient (Wildman–Crippen LogP) is 3.47. The molecule has 1 aromatic rings. The number of aromatic carboxylic acids is 1. The maximum atomic E-state index is 13.8. The summed E-state index contributed by atoms with van der Waals surface area (Å²) in [6.07, 6.45) is 4.09. The molecule has 0 aliphatic heterocycles. The minimum absolute atomic E-state index is 0.176. The Morgan fingerprint density at radius 3 is 2.58 bits per heavy atom. The van der Waals surface area contributed by atoms with E-state index < -0.39 is 28.0 Å². The third-order valence-corrected chi connectivity index (χ3v) is 4.44. The second-order valence-electron chi connectivity index (χ2n) is 4.39. The van der Waals surface area contributed by atoms with Gasteiger partial charge in [-0.15, -0.1) is 11.8 Å². The van der Waals surface area contributed by atoms with E-state index in [9.17, 15) is 19.3 Å². The normalized spacial score (nSPS) is 15.6. The van der Waals surface area contributed by atoms with Crippen LogP contribution in [0.1, 0.15) is 36.0 Å². The van der Waals surface area contributed by atoms with Crippen LogP contribution in [-0.2, 0) is 0 Å². The van der Waals surface area contributed by atoms with Gasteiger partial charge in [-0.1, -0.05) is 12.8 Å². The van der Waals surface area contributed by atoms with Gasteiger partial charge in [-0.3, -0.25) is 10.1 Å². The summed E-state index contributed by atoms with van der Waals surface area (Å²) in [5.74, 6) is -2.14. The molecule has 102 valence electrons. The van der Waals surface area contributed by atoms with Crippen molar-refractivity contribution in [2.24, 2.45) is 0 Å². The van der Waals surface area contributed by atoms with Gasteiger partial charge < -0.3 is 5.11 Å². The molecule has 0 spiro atoms. The van der Waals surface area contributed by atoms with E-state index in [1.807, 2.05) is 0 Å². The lowest BCUT2D eigenvalue weighted by Crippen LogP contribution is -2.05. The third-order valence-electron chi connectivity index (χ3n) is 3.07. The van der Waals surface area contributed by atoms with E-state index in [-0.39, 0.29) is 10.1 Å². The van der Waals surface area contributed by atoms with Crippen molar-refractivity contribution in [1.82, 2.24) is 0 Å². The summed E-state index contributed by atoms with van der Waals surface area (Å²) in [5.41, 5.74) is -1.17. The van der Waals surface area contributed by atoms with Gasteiger partial charge >= 0.3 is 5.97 Å². The van der Waals surface area contributed by atoms with E-state index in [4.69, 9.17) is 5.11 Å². The molecular formula is C12H12FNO4S. The molecule has 2 rings (SSSR count). The minimum atomic E-state index is -1.42. The number of halogens is 1. The fourth-order valence-electron chi connectivity index (χ4n) is 2.14. The number of carboxylic acid groups (broad SMARTS) is 1. The zero-order valence-electron chi connectivity index (χ0n) is 9.97. The van der Waals surface area contributed by atoms with Gasteiger partial charge in [0, 0.05) is 10.1 Å². The van der Waals surface area contributed by atoms with Gasteiger partial charge in [0.2, 0.25) is 0 Å². The van der Waals surface area contributed by atoms with Crippen LogP contribution in [0.3, 0.4) is 0 Å². The average Bonchev–Trinajstić information content (AvgIpc) is 2.83. The van der Waals surface area contributed by atoms with Crippen LogP contribution in [0.25, 0.3) is 0 Å². The predicted molar refractivity (Wildman–Crippen MR) is 68.1 cm³/mol. The molecule has 0 unspecified atom stereocenters. The lowest BCUT2D eigenvalue weighted by Gasteiger charge is -2.10. The van der Waals surface area contributed by atoms with Gasteiger partial charge in [0.05, 0.1) is 11.0 Å². The van der Waals surface area contributed by atoms with Crippen molar-refractivity contribution >= 4 is 23.4 Å². The number of nitrogens with zero attached hydrogens (tertiary/aromatic N) is 1. The van der Waals surface area contributed by atoms with Crippen molar-refractivity contribution in [2.75, 3.05) is 0 Å². The fraction of sp³-hybridized carbons (Fsp3) is 0.417. The standard InChI is InChI=1S/C12H12FNO4S/c13-9-6-10(14(17)18)8(12(15)16)5-11(9)19-7-3-1-2-4-7/h5-7H,1-4H2,(H,15,16). The second-order valence-corrected chi connectivity index (χ2v) is 5.73. The molecule has 0 amide bonds. The van der Waals surface area contributed by atoms with Gasteiger partial charge in [-0.25, -0.2) is 9.18 Å². The van der Waals surface area contributed by atoms with E-state index in [2.05, 4.69) is 0 Å². The van der Waals surface area contributed by atoms with Gasteiger partial charge in [0.1, 0.15) is 11.4 Å². The molecule has 7 heteroatoms. The zero-order valence-corrected chi connectivity index (χ0v) is 10.8. The molecule has 0 atom stereocenters. The van der Waals surface area contributed by atoms with Crippen LogP contribution >= 0.6 is 11.8 Å². The molecule has 5 nitrogen and oxygen atoms in total. The maximum absolute atomic E-state index is 13.8. The van der Waals surface area contributed by atoms with Gasteiger partial charge in [-0.05, 0) is 18.9 Å². The average molecular weight is 285 g/mol. The summed E-state index contributed by atoms with van der Waals surface area (Å²) < 4.78 is 13.8. The Bertz CT molecular complexity index is 529. The summed E-state index contributed by atoms with van der Waals surface area (Å²) in [5, 5.41) is 19.9. The summed E-state index contributed by atoms with van der Waals surface area (Å²) in [4.78, 5) is 21.0. The summed E-state index contributed by atoms with van der Waals surface area (Å²) in [6.45, 7) is 0. The van der Waals surface area contributed by atoms with Crippen LogP contribution in [0.15, 0.2) is 17.0 Å². The zero-order chi connectivity index (χ0) is 14.0. The molecular weight excluding hydrogens is 273 g/mol. The number of nitro groups is 1. The number of carboxylic acids is 1. The molecule has 1 fully saturated rings. The Balaban J connectivity index is 2.36. The molecule has 1 aromatic carbocycles. The SMILES string of the molecule is O=C(O)c1cc(SC2CCCC2)c(F)cc1[N+](=O)[O-]. The first-order chi connectivity index (χ1) is 8.99. The van der Waals surface area contributed by atoms with E-state index in [1.54, 1.807) is 0 Å². The van der Waals surface area contributed by atoms with Gasteiger partial charge in [0.25, 0.3) is 5.69 Å². The highest BCUT2D eigenvalue weighted by atomic mass is 32.2. The highest BCUT2D eigenvalue weighted by molar-refractivity contribution is 8.00. The van der Waals surface area contributed by atoms with Crippen LogP contribution < -0.4 is 0 Å². The molecule has 1 N–H and O–H groups in total. The molecule has 0 bridgehead atoms. The molecule has 1 saturated carbocycles. The van der Waals surface area contributed by atoms with Crippen LogP contribution in [0.5, 0.6) is 0 Å². The van der Waals surface area contributed by atoms with Crippen molar-refractivity contribution in [3.05, 3.63) is 33.6 Å². The monoisotopic (exact) mass is 285 g/mol. The molecule has 19 heavy (non-hydrogen) atoms. The van der Waals surface area contributed by atoms with Crippen LogP contribution in [0.2, 0.25) is 0 Å². The molecule has 0 heterocycles. The molecule has 0 aromatic heterocycles. The molecule has 0 radical (unpaired) electrons. The Kier molecular flexibility index (Phi) is 4.04. The smallest absolute Gasteiger partial charge is 0.342 e. The first-order valence-corrected chi connectivity index (χ1v) is 6.75. The first kappa shape index (κ1) is 13.8. The number of hydrogen-bond acceptors (Lipinski definition) is 4. The number of nitro benzene ring substituents is 1. The van der Waals surface area contributed by atoms with Crippen molar-refractivity contribution in [2.45, 2.75) is 35.8 Å². The summed E-state index contributed by atoms with van der Waals surface area (Å²) in [6, 6.07) is 1.76. The van der Waals surface area contributed by atoms with E-state index >= 15 is 0 Å². The number of thioether (sulfide) groups is 1. The second kappa shape index (κ2) is 5.56. The Morgan fingerprint density at radius 2 is 2.05 bits per heavy atom. The molecule has 1 aliphatic rings. The highest BCUT2D eigenvalue weighted by Gasteiger charge is 2.25. The van der Waals surface area contributed by atoms with Gasteiger partial charge in [0.15, 0.2) is 0 Å². The summed E-state index contributed by atoms with van der Waals surface area (Å²) in [7, 11) is 0. The van der Waals surface area contributed by atoms with E-state index in [0.29, 0.717) is 6.07 Å². The Morgan fingerprint density at radius 1 is 1.42 bits per heavy atom. The Hall–Kier alpha value is -1.63. The van der Waals surface area contributed by atoms with E-state index in [1.165, 1.54) is 11.8 Å². The number of benzene rings is 1. The summed E-state index contributed by atoms with van der Waals surface area (Å²) >= 11 is 1.27. The topological polar surface area (TPSA) is 80.4 Å². The maximum Gasteiger partial charge on any atom is 0.342 e. The fourth-order valence-corrected chi connectivity index (χ4v) is 3.43. The third kappa shape index (κ3) is 3.04. The van der Waals surface area contributed by atoms with Crippen molar-refractivity contribution < 1.29 is 19.2 Å². The first-order valence-electron chi connectivity index (χ1n) is 5.87. The van der Waals surface area contributed by atoms with Crippen LogP contribution in [0, 0.1) is 15.9 Å². The van der Waals surface area contributed by atoms with Crippen molar-refractivity contribution in [3.63, 3.8) is 0 Å². The number of carbonyl (C=O) groups is 1. The quantitative estimate of drug-likeness (QED) is 0.676. The van der Waals surface area contributed by atoms with Crippen molar-refractivity contribution in [1.29, 1.82) is 0 Å². The van der Waals surface area contributed by atoms with E-state index in [0.717, 1.165) is 31.7 Å². The van der Waals surface area contributed by atoms with Crippen LogP contribution in [0.4, 0.5) is 10.1 Å². The lowest BCUT2D eigenvalue weighted by atomic mass is 10.2. The largest absolute Gasteiger partial charge is 0.477 e. The molecule has 0 saturated heterocycles. The Labute approximate surface area is 113 Å². The molecule has 1 aliphatic carbocycles. The van der Waals surface area contributed by atoms with Gasteiger partial charge in [-0.2, -0.15) is 0 Å². The minimum Gasteiger partial charge on any atom is -0.477 e. The highest BCUT2D eigenvalue weighted by Crippen LogP contribution is 2.37. The van der Waals surface area contributed by atoms with Crippen molar-refractivity contribution in [3.8, 4) is 0 Å². The number of rotatable bonds is 4. The van der Waals surface area contributed by atoms with Crippen LogP contribution in [-0.4, -0.2) is 21.2 Å². The number of hydrogen-bond donors (Lipinski definition) is 1. The lowest BCUT2D eigenvalue weighted by molar-refractivity contribution is -0.385.